The number of carbonyl (C=O) groups excluding carboxylic acids is 2. The van der Waals surface area contributed by atoms with E-state index in [9.17, 15) is 9.59 Å². The van der Waals surface area contributed by atoms with Crippen LogP contribution in [0, 0.1) is 0 Å². The lowest BCUT2D eigenvalue weighted by atomic mass is 9.98. The van der Waals surface area contributed by atoms with Gasteiger partial charge in [0.15, 0.2) is 0 Å². The Morgan fingerprint density at radius 1 is 0.974 bits per heavy atom. The van der Waals surface area contributed by atoms with Gasteiger partial charge >= 0.3 is 6.03 Å². The summed E-state index contributed by atoms with van der Waals surface area (Å²) in [5, 5.41) is 9.06. The Morgan fingerprint density at radius 2 is 1.74 bits per heavy atom. The molecule has 4 rings (SSSR count). The molecule has 1 heterocycles. The van der Waals surface area contributed by atoms with E-state index in [1.165, 1.54) is 17.0 Å². The highest BCUT2D eigenvalue weighted by Crippen LogP contribution is 2.33. The molecule has 0 fully saturated rings. The van der Waals surface area contributed by atoms with Crippen LogP contribution in [0.25, 0.3) is 0 Å². The summed E-state index contributed by atoms with van der Waals surface area (Å²) in [7, 11) is 4.70. The smallest absolute Gasteiger partial charge is 0.322 e. The molecule has 38 heavy (non-hydrogen) atoms. The molecule has 0 radical (unpaired) electrons. The molecule has 1 atom stereocenters. The molecular formula is C29H32N4O5. The number of urea groups is 1. The maximum Gasteiger partial charge on any atom is 0.322 e. The summed E-state index contributed by atoms with van der Waals surface area (Å²) in [6.07, 6.45) is 0.536. The van der Waals surface area contributed by atoms with Gasteiger partial charge in [-0.25, -0.2) is 9.80 Å². The monoisotopic (exact) mass is 516 g/mol. The quantitative estimate of drug-likeness (QED) is 0.426. The molecule has 0 aromatic heterocycles. The number of hydrazone groups is 1. The molecule has 3 aromatic carbocycles. The topological polar surface area (TPSA) is 92.7 Å². The van der Waals surface area contributed by atoms with Crippen molar-refractivity contribution in [1.29, 1.82) is 0 Å². The number of amides is 3. The highest BCUT2D eigenvalue weighted by molar-refractivity contribution is 6.04. The first kappa shape index (κ1) is 26.7. The number of ether oxygens (including phenoxy) is 3. The molecule has 3 aromatic rings. The van der Waals surface area contributed by atoms with Crippen molar-refractivity contribution in [3.05, 3.63) is 90.0 Å². The molecule has 1 aliphatic rings. The van der Waals surface area contributed by atoms with Crippen molar-refractivity contribution in [1.82, 2.24) is 9.91 Å². The Hall–Kier alpha value is -4.37. The number of hydrogen-bond acceptors (Lipinski definition) is 6. The third-order valence-electron chi connectivity index (χ3n) is 6.28. The molecule has 9 nitrogen and oxygen atoms in total. The van der Waals surface area contributed by atoms with E-state index in [-0.39, 0.29) is 31.6 Å². The second-order valence-corrected chi connectivity index (χ2v) is 8.69. The first-order chi connectivity index (χ1) is 18.5. The predicted molar refractivity (Wildman–Crippen MR) is 146 cm³/mol. The first-order valence-corrected chi connectivity index (χ1v) is 12.3. The van der Waals surface area contributed by atoms with Crippen molar-refractivity contribution in [2.24, 2.45) is 5.10 Å². The highest BCUT2D eigenvalue weighted by Gasteiger charge is 2.34. The zero-order chi connectivity index (χ0) is 26.9. The van der Waals surface area contributed by atoms with Gasteiger partial charge in [-0.2, -0.15) is 5.10 Å². The molecule has 0 unspecified atom stereocenters. The van der Waals surface area contributed by atoms with Crippen molar-refractivity contribution < 1.29 is 23.8 Å². The number of anilines is 1. The average molecular weight is 517 g/mol. The lowest BCUT2D eigenvalue weighted by molar-refractivity contribution is -0.133. The standard InChI is InChI=1S/C29H32N4O5/c1-36-17-16-32(29(35)30-24-14-7-8-15-27(24)38-3)20-28(34)33-26(21-10-5-4-6-11-21)19-25(31-33)22-12-9-13-23(18-22)37-2/h4-15,18,26H,16-17,19-20H2,1-3H3,(H,30,35)/t26-/m1/s1. The predicted octanol–water partition coefficient (Wildman–Crippen LogP) is 4.56. The normalized spacial score (nSPS) is 14.6. The zero-order valence-electron chi connectivity index (χ0n) is 21.8. The molecule has 0 aliphatic carbocycles. The summed E-state index contributed by atoms with van der Waals surface area (Å²) in [6, 6.07) is 23.7. The minimum atomic E-state index is -0.438. The number of nitrogens with one attached hydrogen (secondary N) is 1. The van der Waals surface area contributed by atoms with Gasteiger partial charge in [-0.1, -0.05) is 54.6 Å². The van der Waals surface area contributed by atoms with Gasteiger partial charge in [0, 0.05) is 25.6 Å². The van der Waals surface area contributed by atoms with Crippen LogP contribution < -0.4 is 14.8 Å². The fourth-order valence-electron chi connectivity index (χ4n) is 4.28. The zero-order valence-corrected chi connectivity index (χ0v) is 21.8. The number of rotatable bonds is 10. The van der Waals surface area contributed by atoms with Crippen LogP contribution in [0.4, 0.5) is 10.5 Å². The van der Waals surface area contributed by atoms with Gasteiger partial charge in [0.05, 0.1) is 38.3 Å². The number of nitrogens with zero attached hydrogens (tertiary/aromatic N) is 3. The van der Waals surface area contributed by atoms with Crippen LogP contribution in [0.3, 0.4) is 0 Å². The van der Waals surface area contributed by atoms with Gasteiger partial charge in [0.2, 0.25) is 0 Å². The third kappa shape index (κ3) is 6.30. The molecule has 1 aliphatic heterocycles. The molecule has 198 valence electrons. The maximum absolute atomic E-state index is 13.7. The largest absolute Gasteiger partial charge is 0.497 e. The number of methoxy groups -OCH3 is 3. The van der Waals surface area contributed by atoms with Crippen LogP contribution in [-0.4, -0.2) is 68.6 Å². The van der Waals surface area contributed by atoms with Crippen molar-refractivity contribution >= 4 is 23.3 Å². The Labute approximate surface area is 222 Å². The molecular weight excluding hydrogens is 484 g/mol. The van der Waals surface area contributed by atoms with E-state index >= 15 is 0 Å². The lowest BCUT2D eigenvalue weighted by Gasteiger charge is -2.27. The van der Waals surface area contributed by atoms with E-state index < -0.39 is 6.03 Å². The number of benzene rings is 3. The second-order valence-electron chi connectivity index (χ2n) is 8.69. The van der Waals surface area contributed by atoms with Crippen molar-refractivity contribution in [2.75, 3.05) is 46.3 Å². The van der Waals surface area contributed by atoms with E-state index in [4.69, 9.17) is 19.3 Å². The Morgan fingerprint density at radius 3 is 2.47 bits per heavy atom. The van der Waals surface area contributed by atoms with Crippen LogP contribution in [0.5, 0.6) is 11.5 Å². The summed E-state index contributed by atoms with van der Waals surface area (Å²) in [5.41, 5.74) is 3.12. The van der Waals surface area contributed by atoms with Crippen molar-refractivity contribution in [2.45, 2.75) is 12.5 Å². The summed E-state index contributed by atoms with van der Waals surface area (Å²) < 4.78 is 15.9. The van der Waals surface area contributed by atoms with E-state index in [0.717, 1.165) is 16.8 Å². The van der Waals surface area contributed by atoms with Crippen LogP contribution in [-0.2, 0) is 9.53 Å². The summed E-state index contributed by atoms with van der Waals surface area (Å²) in [5.74, 6) is 0.933. The van der Waals surface area contributed by atoms with E-state index in [1.807, 2.05) is 60.7 Å². The SMILES string of the molecule is COCCN(CC(=O)N1N=C(c2cccc(OC)c2)C[C@@H]1c1ccccc1)C(=O)Nc1ccccc1OC. The molecule has 9 heteroatoms. The van der Waals surface area contributed by atoms with Crippen LogP contribution in [0.1, 0.15) is 23.6 Å². The number of hydrogen-bond donors (Lipinski definition) is 1. The third-order valence-corrected chi connectivity index (χ3v) is 6.28. The van der Waals surface area contributed by atoms with Crippen LogP contribution in [0.2, 0.25) is 0 Å². The van der Waals surface area contributed by atoms with Crippen molar-refractivity contribution in [3.63, 3.8) is 0 Å². The van der Waals surface area contributed by atoms with Gasteiger partial charge in [-0.05, 0) is 29.8 Å². The number of carbonyl (C=O) groups is 2. The van der Waals surface area contributed by atoms with Gasteiger partial charge in [-0.3, -0.25) is 4.79 Å². The van der Waals surface area contributed by atoms with Crippen molar-refractivity contribution in [3.8, 4) is 11.5 Å². The maximum atomic E-state index is 13.7. The van der Waals surface area contributed by atoms with E-state index in [2.05, 4.69) is 5.32 Å². The highest BCUT2D eigenvalue weighted by atomic mass is 16.5. The fourth-order valence-corrected chi connectivity index (χ4v) is 4.28. The van der Waals surface area contributed by atoms with Gasteiger partial charge in [0.1, 0.15) is 18.0 Å². The van der Waals surface area contributed by atoms with Crippen LogP contribution in [0.15, 0.2) is 84.0 Å². The van der Waals surface area contributed by atoms with E-state index in [0.29, 0.717) is 23.6 Å². The summed E-state index contributed by atoms with van der Waals surface area (Å²) in [4.78, 5) is 28.3. The molecule has 3 amide bonds. The van der Waals surface area contributed by atoms with Gasteiger partial charge in [-0.15, -0.1) is 0 Å². The minimum absolute atomic E-state index is 0.178. The number of para-hydroxylation sites is 2. The summed E-state index contributed by atoms with van der Waals surface area (Å²) >= 11 is 0. The van der Waals surface area contributed by atoms with Crippen LogP contribution >= 0.6 is 0 Å². The molecule has 0 saturated carbocycles. The Kier molecular flexibility index (Phi) is 8.94. The average Bonchev–Trinajstić information content (AvgIpc) is 3.42. The van der Waals surface area contributed by atoms with E-state index in [1.54, 1.807) is 32.4 Å². The van der Waals surface area contributed by atoms with Gasteiger partial charge in [0.25, 0.3) is 5.91 Å². The molecule has 0 saturated heterocycles. The lowest BCUT2D eigenvalue weighted by Crippen LogP contribution is -2.44. The molecule has 0 spiro atoms. The Bertz CT molecular complexity index is 1280. The Balaban J connectivity index is 1.59. The second kappa shape index (κ2) is 12.7. The molecule has 1 N–H and O–H groups in total. The van der Waals surface area contributed by atoms with Gasteiger partial charge < -0.3 is 24.4 Å². The fraction of sp³-hybridized carbons (Fsp3) is 0.276. The first-order valence-electron chi connectivity index (χ1n) is 12.3. The summed E-state index contributed by atoms with van der Waals surface area (Å²) in [6.45, 7) is 0.315. The molecule has 0 bridgehead atoms. The minimum Gasteiger partial charge on any atom is -0.497 e.